The van der Waals surface area contributed by atoms with E-state index in [4.69, 9.17) is 0 Å². The smallest absolute Gasteiger partial charge is 0.116 e. The van der Waals surface area contributed by atoms with Crippen molar-refractivity contribution >= 4 is 11.2 Å². The Kier molecular flexibility index (Phi) is 2.75. The van der Waals surface area contributed by atoms with E-state index in [0.717, 1.165) is 5.69 Å². The molecule has 3 nitrogen and oxygen atoms in total. The van der Waals surface area contributed by atoms with Crippen LogP contribution < -0.4 is 5.32 Å². The molecule has 2 aromatic heterocycles. The molecule has 0 aromatic carbocycles. The van der Waals surface area contributed by atoms with Crippen LogP contribution in [0.4, 0.5) is 5.69 Å². The summed E-state index contributed by atoms with van der Waals surface area (Å²) in [4.78, 5) is 4.65. The van der Waals surface area contributed by atoms with Gasteiger partial charge in [-0.3, -0.25) is 0 Å². The first-order valence-electron chi connectivity index (χ1n) is 6.54. The van der Waals surface area contributed by atoms with Crippen LogP contribution in [0.25, 0.3) is 5.52 Å². The minimum Gasteiger partial charge on any atom is -0.386 e. The standard InChI is InChI=1S/C14H19N3/c1-15-12-8-5-9-17-13(12)10-16-14(17)11-6-3-2-4-7-11/h5,8-11,15H,2-4,6-7H2,1H3. The van der Waals surface area contributed by atoms with Crippen molar-refractivity contribution in [3.05, 3.63) is 30.4 Å². The zero-order valence-electron chi connectivity index (χ0n) is 10.3. The number of pyridine rings is 1. The predicted molar refractivity (Wildman–Crippen MR) is 70.6 cm³/mol. The number of nitrogens with zero attached hydrogens (tertiary/aromatic N) is 2. The first-order valence-corrected chi connectivity index (χ1v) is 6.54. The van der Waals surface area contributed by atoms with Crippen molar-refractivity contribution in [2.75, 3.05) is 12.4 Å². The number of rotatable bonds is 2. The molecule has 1 N–H and O–H groups in total. The SMILES string of the molecule is CNc1cccn2c(C3CCCCC3)ncc12. The molecule has 0 spiro atoms. The first kappa shape index (κ1) is 10.6. The van der Waals surface area contributed by atoms with Gasteiger partial charge >= 0.3 is 0 Å². The molecule has 0 radical (unpaired) electrons. The van der Waals surface area contributed by atoms with Crippen molar-refractivity contribution in [2.45, 2.75) is 38.0 Å². The average Bonchev–Trinajstić information content (AvgIpc) is 2.83. The minimum atomic E-state index is 0.651. The molecule has 0 atom stereocenters. The lowest BCUT2D eigenvalue weighted by molar-refractivity contribution is 0.428. The Morgan fingerprint density at radius 1 is 1.29 bits per heavy atom. The predicted octanol–water partition coefficient (Wildman–Crippen LogP) is 3.42. The van der Waals surface area contributed by atoms with Gasteiger partial charge in [0, 0.05) is 19.2 Å². The van der Waals surface area contributed by atoms with Crippen LogP contribution in [-0.4, -0.2) is 16.4 Å². The Bertz CT molecular complexity index is 509. The number of aromatic nitrogens is 2. The number of imidazole rings is 1. The van der Waals surface area contributed by atoms with Crippen LogP contribution in [0.5, 0.6) is 0 Å². The summed E-state index contributed by atoms with van der Waals surface area (Å²) in [6, 6.07) is 4.19. The fourth-order valence-electron chi connectivity index (χ4n) is 2.92. The maximum Gasteiger partial charge on any atom is 0.116 e. The van der Waals surface area contributed by atoms with Gasteiger partial charge in [0.1, 0.15) is 5.82 Å². The minimum absolute atomic E-state index is 0.651. The van der Waals surface area contributed by atoms with E-state index in [2.05, 4.69) is 33.0 Å². The molecular formula is C14H19N3. The van der Waals surface area contributed by atoms with Gasteiger partial charge < -0.3 is 9.72 Å². The number of hydrogen-bond acceptors (Lipinski definition) is 2. The van der Waals surface area contributed by atoms with Crippen LogP contribution in [0.2, 0.25) is 0 Å². The molecule has 3 heteroatoms. The molecular weight excluding hydrogens is 210 g/mol. The molecule has 0 bridgehead atoms. The van der Waals surface area contributed by atoms with E-state index in [9.17, 15) is 0 Å². The highest BCUT2D eigenvalue weighted by molar-refractivity contribution is 5.71. The normalized spacial score (nSPS) is 17.5. The summed E-state index contributed by atoms with van der Waals surface area (Å²) in [6.45, 7) is 0. The Balaban J connectivity index is 2.05. The van der Waals surface area contributed by atoms with E-state index in [-0.39, 0.29) is 0 Å². The lowest BCUT2D eigenvalue weighted by Crippen LogP contribution is -2.08. The lowest BCUT2D eigenvalue weighted by Gasteiger charge is -2.20. The zero-order valence-corrected chi connectivity index (χ0v) is 10.3. The van der Waals surface area contributed by atoms with E-state index < -0.39 is 0 Å². The van der Waals surface area contributed by atoms with E-state index in [1.165, 1.54) is 43.4 Å². The second kappa shape index (κ2) is 4.40. The first-order chi connectivity index (χ1) is 8.40. The van der Waals surface area contributed by atoms with Crippen LogP contribution in [0, 0.1) is 0 Å². The second-order valence-corrected chi connectivity index (χ2v) is 4.88. The number of fused-ring (bicyclic) bond motifs is 1. The Morgan fingerprint density at radius 2 is 2.12 bits per heavy atom. The summed E-state index contributed by atoms with van der Waals surface area (Å²) in [7, 11) is 1.96. The highest BCUT2D eigenvalue weighted by atomic mass is 15.0. The van der Waals surface area contributed by atoms with Gasteiger partial charge in [0.05, 0.1) is 17.4 Å². The summed E-state index contributed by atoms with van der Waals surface area (Å²) < 4.78 is 2.25. The molecule has 17 heavy (non-hydrogen) atoms. The van der Waals surface area contributed by atoms with Gasteiger partial charge in [-0.2, -0.15) is 0 Å². The van der Waals surface area contributed by atoms with Crippen molar-refractivity contribution < 1.29 is 0 Å². The summed E-state index contributed by atoms with van der Waals surface area (Å²) in [5.41, 5.74) is 2.35. The fourth-order valence-corrected chi connectivity index (χ4v) is 2.92. The zero-order chi connectivity index (χ0) is 11.7. The molecule has 90 valence electrons. The van der Waals surface area contributed by atoms with Gasteiger partial charge in [-0.1, -0.05) is 19.3 Å². The molecule has 3 rings (SSSR count). The van der Waals surface area contributed by atoms with Crippen molar-refractivity contribution in [1.82, 2.24) is 9.38 Å². The second-order valence-electron chi connectivity index (χ2n) is 4.88. The Labute approximate surface area is 102 Å². The van der Waals surface area contributed by atoms with E-state index in [0.29, 0.717) is 5.92 Å². The molecule has 2 aromatic rings. The number of nitrogens with one attached hydrogen (secondary N) is 1. The van der Waals surface area contributed by atoms with Crippen LogP contribution in [0.3, 0.4) is 0 Å². The third-order valence-corrected chi connectivity index (χ3v) is 3.84. The molecule has 0 unspecified atom stereocenters. The van der Waals surface area contributed by atoms with Gasteiger partial charge in [-0.05, 0) is 25.0 Å². The van der Waals surface area contributed by atoms with Gasteiger partial charge in [0.15, 0.2) is 0 Å². The topological polar surface area (TPSA) is 29.3 Å². The van der Waals surface area contributed by atoms with E-state index in [1.54, 1.807) is 0 Å². The average molecular weight is 229 g/mol. The molecule has 1 aliphatic rings. The van der Waals surface area contributed by atoms with E-state index >= 15 is 0 Å². The molecule has 0 saturated heterocycles. The molecule has 2 heterocycles. The van der Waals surface area contributed by atoms with Gasteiger partial charge in [-0.25, -0.2) is 4.98 Å². The van der Waals surface area contributed by atoms with Crippen molar-refractivity contribution in [3.8, 4) is 0 Å². The van der Waals surface area contributed by atoms with Crippen molar-refractivity contribution in [2.24, 2.45) is 0 Å². The maximum absolute atomic E-state index is 4.65. The lowest BCUT2D eigenvalue weighted by atomic mass is 9.89. The fraction of sp³-hybridized carbons (Fsp3) is 0.500. The van der Waals surface area contributed by atoms with Crippen LogP contribution >= 0.6 is 0 Å². The number of hydrogen-bond donors (Lipinski definition) is 1. The highest BCUT2D eigenvalue weighted by Crippen LogP contribution is 2.33. The molecule has 1 fully saturated rings. The Hall–Kier alpha value is -1.51. The van der Waals surface area contributed by atoms with Crippen LogP contribution in [0.15, 0.2) is 24.5 Å². The molecule has 0 aliphatic heterocycles. The third kappa shape index (κ3) is 1.79. The summed E-state index contributed by atoms with van der Waals surface area (Å²) in [5.74, 6) is 1.90. The monoisotopic (exact) mass is 229 g/mol. The van der Waals surface area contributed by atoms with Gasteiger partial charge in [0.25, 0.3) is 0 Å². The van der Waals surface area contributed by atoms with E-state index in [1.807, 2.05) is 13.2 Å². The molecule has 0 amide bonds. The van der Waals surface area contributed by atoms with Crippen molar-refractivity contribution in [3.63, 3.8) is 0 Å². The summed E-state index contributed by atoms with van der Waals surface area (Å²) in [6.07, 6.45) is 10.8. The molecule has 1 saturated carbocycles. The van der Waals surface area contributed by atoms with Gasteiger partial charge in [-0.15, -0.1) is 0 Å². The Morgan fingerprint density at radius 3 is 2.88 bits per heavy atom. The number of anilines is 1. The summed E-state index contributed by atoms with van der Waals surface area (Å²) in [5, 5.41) is 3.23. The van der Waals surface area contributed by atoms with Crippen LogP contribution in [-0.2, 0) is 0 Å². The highest BCUT2D eigenvalue weighted by Gasteiger charge is 2.20. The third-order valence-electron chi connectivity index (χ3n) is 3.84. The summed E-state index contributed by atoms with van der Waals surface area (Å²) >= 11 is 0. The van der Waals surface area contributed by atoms with Crippen molar-refractivity contribution in [1.29, 1.82) is 0 Å². The molecule has 1 aliphatic carbocycles. The maximum atomic E-state index is 4.65. The largest absolute Gasteiger partial charge is 0.386 e. The van der Waals surface area contributed by atoms with Gasteiger partial charge in [0.2, 0.25) is 0 Å². The quantitative estimate of drug-likeness (QED) is 0.855. The van der Waals surface area contributed by atoms with Crippen LogP contribution in [0.1, 0.15) is 43.8 Å².